The molecule has 2 heterocycles. The molecule has 2 amide bonds. The molecule has 1 aromatic carbocycles. The van der Waals surface area contributed by atoms with Crippen molar-refractivity contribution in [2.45, 2.75) is 18.9 Å². The van der Waals surface area contributed by atoms with Gasteiger partial charge >= 0.3 is 11.8 Å². The second-order valence-corrected chi connectivity index (χ2v) is 5.35. The minimum atomic E-state index is -0.659. The van der Waals surface area contributed by atoms with Gasteiger partial charge in [-0.25, -0.2) is 0 Å². The van der Waals surface area contributed by atoms with Crippen LogP contribution in [-0.4, -0.2) is 46.0 Å². The lowest BCUT2D eigenvalue weighted by atomic mass is 10.1. The lowest BCUT2D eigenvalue weighted by Gasteiger charge is -2.28. The Balaban J connectivity index is 1.74. The van der Waals surface area contributed by atoms with Gasteiger partial charge in [0.25, 0.3) is 0 Å². The second kappa shape index (κ2) is 6.11. The summed E-state index contributed by atoms with van der Waals surface area (Å²) in [6, 6.07) is 9.01. The summed E-state index contributed by atoms with van der Waals surface area (Å²) >= 11 is 0. The second-order valence-electron chi connectivity index (χ2n) is 5.35. The first-order chi connectivity index (χ1) is 10.6. The van der Waals surface area contributed by atoms with Gasteiger partial charge in [-0.05, 0) is 37.1 Å². The van der Waals surface area contributed by atoms with Crippen LogP contribution in [0.5, 0.6) is 0 Å². The van der Waals surface area contributed by atoms with Crippen LogP contribution in [0.25, 0.3) is 10.9 Å². The Morgan fingerprint density at radius 3 is 2.73 bits per heavy atom. The lowest BCUT2D eigenvalue weighted by Crippen LogP contribution is -2.45. The zero-order valence-corrected chi connectivity index (χ0v) is 12.0. The molecule has 114 valence electrons. The Hall–Kier alpha value is -2.47. The van der Waals surface area contributed by atoms with Crippen molar-refractivity contribution < 1.29 is 14.7 Å². The molecule has 1 fully saturated rings. The molecule has 0 atom stereocenters. The van der Waals surface area contributed by atoms with E-state index in [1.165, 1.54) is 4.90 Å². The first-order valence-electron chi connectivity index (χ1n) is 7.27. The molecule has 3 rings (SSSR count). The molecule has 6 nitrogen and oxygen atoms in total. The van der Waals surface area contributed by atoms with Crippen LogP contribution in [0.15, 0.2) is 36.5 Å². The summed E-state index contributed by atoms with van der Waals surface area (Å²) in [7, 11) is 0. The van der Waals surface area contributed by atoms with Crippen molar-refractivity contribution in [2.24, 2.45) is 0 Å². The fourth-order valence-corrected chi connectivity index (χ4v) is 2.60. The van der Waals surface area contributed by atoms with Crippen LogP contribution < -0.4 is 5.32 Å². The van der Waals surface area contributed by atoms with Gasteiger partial charge in [0, 0.05) is 24.7 Å². The van der Waals surface area contributed by atoms with Crippen LogP contribution in [0.3, 0.4) is 0 Å². The maximum Gasteiger partial charge on any atom is 0.313 e. The molecule has 0 bridgehead atoms. The SMILES string of the molecule is O=C(Nc1cccc2ncccc12)C(=O)N1CCC(O)CC1. The summed E-state index contributed by atoms with van der Waals surface area (Å²) in [6.07, 6.45) is 2.32. The van der Waals surface area contributed by atoms with Gasteiger partial charge in [-0.15, -0.1) is 0 Å². The van der Waals surface area contributed by atoms with Crippen molar-refractivity contribution in [3.05, 3.63) is 36.5 Å². The van der Waals surface area contributed by atoms with Crippen LogP contribution in [0.4, 0.5) is 5.69 Å². The number of aliphatic hydroxyl groups is 1. The average molecular weight is 299 g/mol. The topological polar surface area (TPSA) is 82.5 Å². The number of anilines is 1. The quantitative estimate of drug-likeness (QED) is 0.774. The van der Waals surface area contributed by atoms with Gasteiger partial charge in [0.15, 0.2) is 0 Å². The number of nitrogens with one attached hydrogen (secondary N) is 1. The Kier molecular flexibility index (Phi) is 4.02. The highest BCUT2D eigenvalue weighted by atomic mass is 16.3. The van der Waals surface area contributed by atoms with Gasteiger partial charge in [0.1, 0.15) is 0 Å². The average Bonchev–Trinajstić information content (AvgIpc) is 2.55. The molecule has 2 N–H and O–H groups in total. The number of aromatic nitrogens is 1. The molecule has 1 saturated heterocycles. The predicted octanol–water partition coefficient (Wildman–Crippen LogP) is 1.16. The van der Waals surface area contributed by atoms with Crippen LogP contribution >= 0.6 is 0 Å². The van der Waals surface area contributed by atoms with Crippen molar-refractivity contribution in [2.75, 3.05) is 18.4 Å². The molecule has 0 radical (unpaired) electrons. The third-order valence-electron chi connectivity index (χ3n) is 3.84. The third-order valence-corrected chi connectivity index (χ3v) is 3.84. The van der Waals surface area contributed by atoms with E-state index in [1.807, 2.05) is 12.1 Å². The van der Waals surface area contributed by atoms with E-state index >= 15 is 0 Å². The number of nitrogens with zero attached hydrogens (tertiary/aromatic N) is 2. The number of carbonyl (C=O) groups is 2. The standard InChI is InChI=1S/C16H17N3O3/c20-11-6-9-19(10-7-11)16(22)15(21)18-14-5-1-4-13-12(14)3-2-8-17-13/h1-5,8,11,20H,6-7,9-10H2,(H,18,21). The first kappa shape index (κ1) is 14.5. The molecule has 1 aliphatic rings. The lowest BCUT2D eigenvalue weighted by molar-refractivity contribution is -0.144. The van der Waals surface area contributed by atoms with Crippen LogP contribution in [0.1, 0.15) is 12.8 Å². The van der Waals surface area contributed by atoms with Crippen LogP contribution in [0.2, 0.25) is 0 Å². The summed E-state index contributed by atoms with van der Waals surface area (Å²) in [5.41, 5.74) is 1.33. The molecular formula is C16H17N3O3. The Bertz CT molecular complexity index is 703. The fourth-order valence-electron chi connectivity index (χ4n) is 2.60. The maximum absolute atomic E-state index is 12.2. The number of benzene rings is 1. The number of carbonyl (C=O) groups excluding carboxylic acids is 2. The molecule has 0 aliphatic carbocycles. The predicted molar refractivity (Wildman–Crippen MR) is 82.2 cm³/mol. The van der Waals surface area contributed by atoms with Crippen molar-refractivity contribution >= 4 is 28.4 Å². The Labute approximate surface area is 127 Å². The minimum absolute atomic E-state index is 0.378. The molecule has 2 aromatic rings. The summed E-state index contributed by atoms with van der Waals surface area (Å²) in [4.78, 5) is 30.0. The zero-order chi connectivity index (χ0) is 15.5. The number of aliphatic hydroxyl groups excluding tert-OH is 1. The monoisotopic (exact) mass is 299 g/mol. The number of hydrogen-bond acceptors (Lipinski definition) is 4. The molecule has 0 saturated carbocycles. The molecule has 22 heavy (non-hydrogen) atoms. The van der Waals surface area contributed by atoms with Crippen molar-refractivity contribution in [3.63, 3.8) is 0 Å². The highest BCUT2D eigenvalue weighted by molar-refractivity contribution is 6.40. The van der Waals surface area contributed by atoms with E-state index in [0.29, 0.717) is 31.6 Å². The summed E-state index contributed by atoms with van der Waals surface area (Å²) in [5.74, 6) is -1.22. The fraction of sp³-hybridized carbons (Fsp3) is 0.312. The van der Waals surface area contributed by atoms with Crippen molar-refractivity contribution in [1.29, 1.82) is 0 Å². The van der Waals surface area contributed by atoms with E-state index in [-0.39, 0.29) is 6.10 Å². The zero-order valence-electron chi connectivity index (χ0n) is 12.0. The van der Waals surface area contributed by atoms with E-state index < -0.39 is 11.8 Å². The number of piperidine rings is 1. The van der Waals surface area contributed by atoms with Crippen LogP contribution in [-0.2, 0) is 9.59 Å². The van der Waals surface area contributed by atoms with Gasteiger partial charge < -0.3 is 15.3 Å². The van der Waals surface area contributed by atoms with Crippen LogP contribution in [0, 0.1) is 0 Å². The largest absolute Gasteiger partial charge is 0.393 e. The van der Waals surface area contributed by atoms with Crippen molar-refractivity contribution in [3.8, 4) is 0 Å². The Morgan fingerprint density at radius 2 is 1.95 bits per heavy atom. The first-order valence-corrected chi connectivity index (χ1v) is 7.27. The molecular weight excluding hydrogens is 282 g/mol. The number of rotatable bonds is 1. The van der Waals surface area contributed by atoms with Gasteiger partial charge in [-0.1, -0.05) is 6.07 Å². The number of pyridine rings is 1. The van der Waals surface area contributed by atoms with E-state index in [1.54, 1.807) is 24.4 Å². The maximum atomic E-state index is 12.2. The van der Waals surface area contributed by atoms with Gasteiger partial charge in [0.2, 0.25) is 0 Å². The molecule has 1 aliphatic heterocycles. The van der Waals surface area contributed by atoms with Gasteiger partial charge in [-0.2, -0.15) is 0 Å². The Morgan fingerprint density at radius 1 is 1.18 bits per heavy atom. The van der Waals surface area contributed by atoms with Gasteiger partial charge in [0.05, 0.1) is 17.3 Å². The summed E-state index contributed by atoms with van der Waals surface area (Å²) < 4.78 is 0. The number of hydrogen-bond donors (Lipinski definition) is 2. The molecule has 6 heteroatoms. The molecule has 0 spiro atoms. The summed E-state index contributed by atoms with van der Waals surface area (Å²) in [5, 5.41) is 12.9. The molecule has 1 aromatic heterocycles. The highest BCUT2D eigenvalue weighted by Gasteiger charge is 2.26. The molecule has 0 unspecified atom stereocenters. The van der Waals surface area contributed by atoms with E-state index in [2.05, 4.69) is 10.3 Å². The normalized spacial score (nSPS) is 15.8. The highest BCUT2D eigenvalue weighted by Crippen LogP contribution is 2.21. The van der Waals surface area contributed by atoms with E-state index in [4.69, 9.17) is 0 Å². The minimum Gasteiger partial charge on any atom is -0.393 e. The number of likely N-dealkylation sites (tertiary alicyclic amines) is 1. The van der Waals surface area contributed by atoms with Crippen molar-refractivity contribution in [1.82, 2.24) is 9.88 Å². The smallest absolute Gasteiger partial charge is 0.313 e. The van der Waals surface area contributed by atoms with Gasteiger partial charge in [-0.3, -0.25) is 14.6 Å². The third kappa shape index (κ3) is 2.92. The van der Waals surface area contributed by atoms with E-state index in [0.717, 1.165) is 10.9 Å². The number of amides is 2. The van der Waals surface area contributed by atoms with E-state index in [9.17, 15) is 14.7 Å². The number of fused-ring (bicyclic) bond motifs is 1. The summed E-state index contributed by atoms with van der Waals surface area (Å²) in [6.45, 7) is 0.815.